The number of hydrogen-bond donors (Lipinski definition) is 1. The molecular weight excluding hydrogens is 515 g/mol. The van der Waals surface area contributed by atoms with E-state index in [0.717, 1.165) is 24.7 Å². The van der Waals surface area contributed by atoms with Crippen molar-refractivity contribution < 1.29 is 132 Å². The molecule has 0 unspecified atom stereocenters. The van der Waals surface area contributed by atoms with Crippen LogP contribution in [0.4, 0.5) is 13.2 Å². The molecule has 0 bridgehead atoms. The van der Waals surface area contributed by atoms with Crippen molar-refractivity contribution in [2.24, 2.45) is 0 Å². The fourth-order valence-electron chi connectivity index (χ4n) is 2.72. The predicted octanol–water partition coefficient (Wildman–Crippen LogP) is -10.5. The molecule has 170 valence electrons. The van der Waals surface area contributed by atoms with Gasteiger partial charge < -0.3 is 29.8 Å². The third-order valence-electron chi connectivity index (χ3n) is 4.09. The normalized spacial score (nSPS) is 12.7. The fourth-order valence-corrected chi connectivity index (χ4v) is 2.72. The van der Waals surface area contributed by atoms with Crippen molar-refractivity contribution in [2.75, 3.05) is 0 Å². The van der Waals surface area contributed by atoms with Gasteiger partial charge in [0.1, 0.15) is 36.2 Å². The second-order valence-electron chi connectivity index (χ2n) is 6.07. The standard InChI is InChI=1S/C16H14F3N5O.3Na.H3O4P.H2O/c1-10(15-14(19)5-20-7-22-15)16(25,6-24-9-21-8-23-24)12-3-2-11(17)4-13(12)18;;;;1-5(2,3)4;/h2-5,7-10,25H,6H2,1H3;;;;(H3,1,2,3,4);1H2/q;3*+1;;/p-3/t10-,16+;;;;;/m0...../s1. The van der Waals surface area contributed by atoms with Gasteiger partial charge in [-0.05, 0) is 6.07 Å². The molecule has 2 heterocycles. The molecule has 2 aromatic heterocycles. The molecule has 0 amide bonds. The van der Waals surface area contributed by atoms with Crippen molar-refractivity contribution in [3.05, 3.63) is 72.1 Å². The second kappa shape index (κ2) is 16.9. The quantitative estimate of drug-likeness (QED) is 0.246. The first-order valence-corrected chi connectivity index (χ1v) is 9.56. The number of nitrogens with zero attached hydrogens (tertiary/aromatic N) is 5. The van der Waals surface area contributed by atoms with Gasteiger partial charge in [0.05, 0.1) is 18.4 Å². The molecule has 0 saturated heterocycles. The average molecular weight is 531 g/mol. The summed E-state index contributed by atoms with van der Waals surface area (Å²) in [6.07, 6.45) is 4.66. The summed E-state index contributed by atoms with van der Waals surface area (Å²) < 4.78 is 51.6. The van der Waals surface area contributed by atoms with Crippen molar-refractivity contribution in [2.45, 2.75) is 25.0 Å². The molecule has 34 heavy (non-hydrogen) atoms. The largest absolute Gasteiger partial charge is 1.00 e. The molecule has 1 aromatic carbocycles. The Kier molecular flexibility index (Phi) is 19.3. The number of phosphoric acid groups is 1. The SMILES string of the molecule is C[C@@H](c1ncncc1F)[C@](O)(Cn1cncn1)c1ccc(F)cc1F.O.O=P([O-])([O-])[O-].[Na+].[Na+].[Na+]. The van der Waals surface area contributed by atoms with E-state index in [0.29, 0.717) is 6.07 Å². The Balaban J connectivity index is -0.000000973. The first-order valence-electron chi connectivity index (χ1n) is 8.10. The van der Waals surface area contributed by atoms with Gasteiger partial charge in [-0.25, -0.2) is 32.8 Å². The summed E-state index contributed by atoms with van der Waals surface area (Å²) in [6.45, 7) is 1.26. The van der Waals surface area contributed by atoms with E-state index in [1.54, 1.807) is 0 Å². The maximum atomic E-state index is 14.4. The monoisotopic (exact) mass is 531 g/mol. The van der Waals surface area contributed by atoms with Crippen molar-refractivity contribution in [3.63, 3.8) is 0 Å². The molecule has 0 aliphatic carbocycles. The molecule has 18 heteroatoms. The van der Waals surface area contributed by atoms with Gasteiger partial charge in [0.2, 0.25) is 0 Å². The molecule has 0 saturated carbocycles. The molecule has 2 atom stereocenters. The maximum absolute atomic E-state index is 14.4. The van der Waals surface area contributed by atoms with Crippen LogP contribution in [0.1, 0.15) is 24.1 Å². The molecule has 0 spiro atoms. The number of rotatable bonds is 5. The predicted molar refractivity (Wildman–Crippen MR) is 91.9 cm³/mol. The van der Waals surface area contributed by atoms with Gasteiger partial charge in [-0.1, -0.05) is 13.0 Å². The van der Waals surface area contributed by atoms with E-state index in [4.69, 9.17) is 19.2 Å². The summed E-state index contributed by atoms with van der Waals surface area (Å²) in [4.78, 5) is 36.8. The van der Waals surface area contributed by atoms with E-state index in [1.807, 2.05) is 0 Å². The van der Waals surface area contributed by atoms with Crippen molar-refractivity contribution in [3.8, 4) is 0 Å². The smallest absolute Gasteiger partial charge is 0.822 e. The Morgan fingerprint density at radius 1 is 1.09 bits per heavy atom. The molecule has 0 radical (unpaired) electrons. The molecule has 0 fully saturated rings. The van der Waals surface area contributed by atoms with Crippen molar-refractivity contribution in [1.82, 2.24) is 24.7 Å². The molecule has 3 N–H and O–H groups in total. The Morgan fingerprint density at radius 3 is 2.15 bits per heavy atom. The number of aliphatic hydroxyl groups is 1. The molecule has 11 nitrogen and oxygen atoms in total. The van der Waals surface area contributed by atoms with Crippen LogP contribution in [-0.4, -0.2) is 35.3 Å². The number of hydrogen-bond acceptors (Lipinski definition) is 9. The zero-order chi connectivity index (χ0) is 22.5. The average Bonchev–Trinajstić information content (AvgIpc) is 3.12. The number of benzene rings is 1. The van der Waals surface area contributed by atoms with E-state index >= 15 is 0 Å². The third-order valence-corrected chi connectivity index (χ3v) is 4.09. The fraction of sp³-hybridized carbons (Fsp3) is 0.250. The summed E-state index contributed by atoms with van der Waals surface area (Å²) >= 11 is 0. The maximum Gasteiger partial charge on any atom is 1.00 e. The minimum atomic E-state index is -5.39. The van der Waals surface area contributed by atoms with Gasteiger partial charge in [0.25, 0.3) is 0 Å². The van der Waals surface area contributed by atoms with E-state index in [2.05, 4.69) is 20.1 Å². The van der Waals surface area contributed by atoms with Gasteiger partial charge in [-0.3, -0.25) is 0 Å². The minimum Gasteiger partial charge on any atom is -0.822 e. The van der Waals surface area contributed by atoms with E-state index in [-0.39, 0.29) is 112 Å². The summed E-state index contributed by atoms with van der Waals surface area (Å²) in [6, 6.07) is 2.80. The second-order valence-corrected chi connectivity index (χ2v) is 6.96. The van der Waals surface area contributed by atoms with Gasteiger partial charge in [0.15, 0.2) is 5.82 Å². The number of halogens is 3. The van der Waals surface area contributed by atoms with Crippen molar-refractivity contribution in [1.29, 1.82) is 0 Å². The summed E-state index contributed by atoms with van der Waals surface area (Å²) in [7, 11) is -5.39. The zero-order valence-electron chi connectivity index (χ0n) is 18.7. The third kappa shape index (κ3) is 11.5. The molecule has 3 aromatic rings. The van der Waals surface area contributed by atoms with Crippen LogP contribution in [0.2, 0.25) is 0 Å². The Bertz CT molecular complexity index is 1040. The summed E-state index contributed by atoms with van der Waals surface area (Å²) in [5, 5.41) is 15.2. The molecule has 0 aliphatic rings. The van der Waals surface area contributed by atoms with Crippen LogP contribution in [0.5, 0.6) is 0 Å². The summed E-state index contributed by atoms with van der Waals surface area (Å²) in [5.41, 5.74) is -2.25. The Labute approximate surface area is 258 Å². The van der Waals surface area contributed by atoms with Crippen LogP contribution in [-0.2, 0) is 16.7 Å². The summed E-state index contributed by atoms with van der Waals surface area (Å²) in [5.74, 6) is -3.47. The van der Waals surface area contributed by atoms with E-state index in [1.165, 1.54) is 24.3 Å². The van der Waals surface area contributed by atoms with Crippen LogP contribution in [0.15, 0.2) is 43.4 Å². The van der Waals surface area contributed by atoms with Crippen LogP contribution in [0, 0.1) is 17.5 Å². The van der Waals surface area contributed by atoms with Gasteiger partial charge in [0, 0.05) is 17.5 Å². The first-order chi connectivity index (χ1) is 13.9. The van der Waals surface area contributed by atoms with Crippen LogP contribution < -0.4 is 103 Å². The van der Waals surface area contributed by atoms with E-state index in [9.17, 15) is 18.3 Å². The Morgan fingerprint density at radius 2 is 1.68 bits per heavy atom. The zero-order valence-corrected chi connectivity index (χ0v) is 25.6. The van der Waals surface area contributed by atoms with Gasteiger partial charge in [-0.15, -0.1) is 0 Å². The number of aromatic nitrogens is 5. The van der Waals surface area contributed by atoms with Crippen LogP contribution in [0.25, 0.3) is 0 Å². The molecule has 3 rings (SSSR count). The van der Waals surface area contributed by atoms with Gasteiger partial charge in [-0.2, -0.15) is 12.9 Å². The Hall–Kier alpha value is 0.260. The van der Waals surface area contributed by atoms with Crippen LogP contribution in [0.3, 0.4) is 0 Å². The van der Waals surface area contributed by atoms with Gasteiger partial charge >= 0.3 is 88.7 Å². The molecular formula is C16H16F3N5Na3O6P. The van der Waals surface area contributed by atoms with Crippen LogP contribution >= 0.6 is 7.82 Å². The molecule has 0 aliphatic heterocycles. The van der Waals surface area contributed by atoms with Crippen molar-refractivity contribution >= 4 is 7.82 Å². The van der Waals surface area contributed by atoms with E-state index < -0.39 is 36.8 Å². The topological polar surface area (TPSA) is 194 Å². The first kappa shape index (κ1) is 38.8. The minimum absolute atomic E-state index is 0.